The fraction of sp³-hybridized carbons (Fsp3) is 0.474. The molecule has 3 N–H and O–H groups in total. The number of para-hydroxylation sites is 1. The number of likely N-dealkylation sites (tertiary alicyclic amines) is 1. The maximum atomic E-state index is 12.3. The number of nitrogens with zero attached hydrogens (tertiary/aromatic N) is 1. The van der Waals surface area contributed by atoms with Gasteiger partial charge in [0.15, 0.2) is 5.43 Å². The predicted molar refractivity (Wildman–Crippen MR) is 100 cm³/mol. The number of aliphatic hydroxyl groups excluding tert-OH is 1. The van der Waals surface area contributed by atoms with E-state index in [2.05, 4.69) is 15.2 Å². The molecule has 1 aromatic heterocycles. The number of benzene rings is 1. The van der Waals surface area contributed by atoms with Gasteiger partial charge in [0.2, 0.25) is 5.91 Å². The summed E-state index contributed by atoms with van der Waals surface area (Å²) in [5.41, 5.74) is 0.993. The molecule has 0 radical (unpaired) electrons. The van der Waals surface area contributed by atoms with Crippen molar-refractivity contribution in [2.75, 3.05) is 19.6 Å². The van der Waals surface area contributed by atoms with Crippen LogP contribution in [-0.4, -0.2) is 46.6 Å². The summed E-state index contributed by atoms with van der Waals surface area (Å²) in [4.78, 5) is 30.2. The molecule has 1 spiro atoms. The van der Waals surface area contributed by atoms with E-state index in [4.69, 9.17) is 11.6 Å². The predicted octanol–water partition coefficient (Wildman–Crippen LogP) is 1.64. The third-order valence-corrected chi connectivity index (χ3v) is 6.00. The standard InChI is InChI=1S/C19H22ClN3O3/c20-15-3-1-2-14-16(25)8-12(22-17(14)15)11-23-6-4-19(5-7-23)9-13(24)10-21-18(19)26/h1-3,8,13,24H,4-7,9-11H2,(H,21,26)(H,22,25). The molecular weight excluding hydrogens is 354 g/mol. The zero-order chi connectivity index (χ0) is 18.3. The monoisotopic (exact) mass is 375 g/mol. The van der Waals surface area contributed by atoms with Gasteiger partial charge in [0.25, 0.3) is 0 Å². The second-order valence-corrected chi connectivity index (χ2v) is 7.85. The molecule has 2 fully saturated rings. The largest absolute Gasteiger partial charge is 0.391 e. The van der Waals surface area contributed by atoms with Crippen molar-refractivity contribution in [2.24, 2.45) is 5.41 Å². The molecule has 7 heteroatoms. The molecule has 3 heterocycles. The van der Waals surface area contributed by atoms with Crippen LogP contribution in [0.15, 0.2) is 29.1 Å². The van der Waals surface area contributed by atoms with Gasteiger partial charge in [0.1, 0.15) is 0 Å². The van der Waals surface area contributed by atoms with E-state index in [0.717, 1.165) is 18.8 Å². The number of piperidine rings is 2. The number of hydrogen-bond acceptors (Lipinski definition) is 4. The number of hydrogen-bond donors (Lipinski definition) is 3. The first kappa shape index (κ1) is 17.5. The van der Waals surface area contributed by atoms with Gasteiger partial charge in [-0.3, -0.25) is 14.5 Å². The summed E-state index contributed by atoms with van der Waals surface area (Å²) in [5.74, 6) is 0.0633. The molecule has 6 nitrogen and oxygen atoms in total. The molecule has 0 aliphatic carbocycles. The molecule has 2 aliphatic rings. The Balaban J connectivity index is 1.50. The van der Waals surface area contributed by atoms with Crippen molar-refractivity contribution in [3.63, 3.8) is 0 Å². The zero-order valence-corrected chi connectivity index (χ0v) is 15.2. The van der Waals surface area contributed by atoms with Gasteiger partial charge in [-0.1, -0.05) is 17.7 Å². The topological polar surface area (TPSA) is 85.4 Å². The smallest absolute Gasteiger partial charge is 0.226 e. The Kier molecular flexibility index (Phi) is 4.50. The number of H-pyrrole nitrogens is 1. The highest BCUT2D eigenvalue weighted by Crippen LogP contribution is 2.38. The lowest BCUT2D eigenvalue weighted by atomic mass is 9.71. The first-order valence-electron chi connectivity index (χ1n) is 8.96. The highest BCUT2D eigenvalue weighted by Gasteiger charge is 2.45. The maximum Gasteiger partial charge on any atom is 0.226 e. The lowest BCUT2D eigenvalue weighted by Gasteiger charge is -2.44. The van der Waals surface area contributed by atoms with Crippen LogP contribution in [0.2, 0.25) is 5.02 Å². The highest BCUT2D eigenvalue weighted by atomic mass is 35.5. The van der Waals surface area contributed by atoms with Crippen molar-refractivity contribution < 1.29 is 9.90 Å². The average molecular weight is 376 g/mol. The van der Waals surface area contributed by atoms with Crippen molar-refractivity contribution in [3.8, 4) is 0 Å². The Morgan fingerprint density at radius 2 is 2.04 bits per heavy atom. The molecule has 2 saturated heterocycles. The number of carbonyl (C=O) groups excluding carboxylic acids is 1. The van der Waals surface area contributed by atoms with Crippen molar-refractivity contribution in [1.29, 1.82) is 0 Å². The van der Waals surface area contributed by atoms with Crippen LogP contribution >= 0.6 is 11.6 Å². The third-order valence-electron chi connectivity index (χ3n) is 5.68. The van der Waals surface area contributed by atoms with E-state index in [1.807, 2.05) is 0 Å². The van der Waals surface area contributed by atoms with Gasteiger partial charge in [0, 0.05) is 30.2 Å². The number of aromatic nitrogens is 1. The van der Waals surface area contributed by atoms with Crippen LogP contribution in [0.1, 0.15) is 25.0 Å². The number of aliphatic hydroxyl groups is 1. The molecule has 2 aromatic rings. The van der Waals surface area contributed by atoms with E-state index in [1.165, 1.54) is 0 Å². The number of aromatic amines is 1. The van der Waals surface area contributed by atoms with E-state index in [1.54, 1.807) is 24.3 Å². The molecule has 138 valence electrons. The van der Waals surface area contributed by atoms with Gasteiger partial charge in [0.05, 0.1) is 22.1 Å². The normalized spacial score (nSPS) is 23.3. The van der Waals surface area contributed by atoms with Crippen LogP contribution < -0.4 is 10.7 Å². The van der Waals surface area contributed by atoms with E-state index in [9.17, 15) is 14.7 Å². The number of nitrogens with one attached hydrogen (secondary N) is 2. The summed E-state index contributed by atoms with van der Waals surface area (Å²) in [6, 6.07) is 6.93. The summed E-state index contributed by atoms with van der Waals surface area (Å²) in [7, 11) is 0. The fourth-order valence-electron chi connectivity index (χ4n) is 4.20. The summed E-state index contributed by atoms with van der Waals surface area (Å²) in [6.45, 7) is 2.46. The van der Waals surface area contributed by atoms with Crippen LogP contribution in [0.5, 0.6) is 0 Å². The Morgan fingerprint density at radius 1 is 1.27 bits per heavy atom. The molecule has 0 saturated carbocycles. The van der Waals surface area contributed by atoms with Crippen LogP contribution in [-0.2, 0) is 11.3 Å². The zero-order valence-electron chi connectivity index (χ0n) is 14.4. The Morgan fingerprint density at radius 3 is 2.81 bits per heavy atom. The number of halogens is 1. The average Bonchev–Trinajstić information content (AvgIpc) is 2.62. The summed E-state index contributed by atoms with van der Waals surface area (Å²) in [6.07, 6.45) is 1.51. The van der Waals surface area contributed by atoms with E-state index in [0.29, 0.717) is 48.3 Å². The first-order valence-corrected chi connectivity index (χ1v) is 9.34. The summed E-state index contributed by atoms with van der Waals surface area (Å²) < 4.78 is 0. The first-order chi connectivity index (χ1) is 12.5. The molecule has 0 bridgehead atoms. The molecule has 2 aliphatic heterocycles. The lowest BCUT2D eigenvalue weighted by Crippen LogP contribution is -2.55. The second kappa shape index (κ2) is 6.68. The molecule has 1 aromatic carbocycles. The van der Waals surface area contributed by atoms with Gasteiger partial charge >= 0.3 is 0 Å². The van der Waals surface area contributed by atoms with Crippen molar-refractivity contribution in [1.82, 2.24) is 15.2 Å². The van der Waals surface area contributed by atoms with Crippen molar-refractivity contribution in [2.45, 2.75) is 31.9 Å². The quantitative estimate of drug-likeness (QED) is 0.745. The Labute approximate surface area is 156 Å². The van der Waals surface area contributed by atoms with E-state index in [-0.39, 0.29) is 11.3 Å². The fourth-order valence-corrected chi connectivity index (χ4v) is 4.42. The van der Waals surface area contributed by atoms with Gasteiger partial charge in [-0.15, -0.1) is 0 Å². The van der Waals surface area contributed by atoms with E-state index >= 15 is 0 Å². The number of fused-ring (bicyclic) bond motifs is 1. The molecule has 1 unspecified atom stereocenters. The minimum absolute atomic E-state index is 0.0421. The number of rotatable bonds is 2. The van der Waals surface area contributed by atoms with Gasteiger partial charge in [-0.25, -0.2) is 0 Å². The van der Waals surface area contributed by atoms with Crippen LogP contribution in [0, 0.1) is 5.41 Å². The Hall–Kier alpha value is -1.89. The molecule has 1 amide bonds. The van der Waals surface area contributed by atoms with Crippen LogP contribution in [0.4, 0.5) is 0 Å². The molecule has 4 rings (SSSR count). The SMILES string of the molecule is O=C1NCC(O)CC12CCN(Cc1cc(=O)c3cccc(Cl)c3[nH]1)CC2. The number of carbonyl (C=O) groups is 1. The Bertz CT molecular complexity index is 903. The highest BCUT2D eigenvalue weighted by molar-refractivity contribution is 6.35. The minimum Gasteiger partial charge on any atom is -0.391 e. The molecular formula is C19H22ClN3O3. The van der Waals surface area contributed by atoms with Crippen LogP contribution in [0.25, 0.3) is 10.9 Å². The van der Waals surface area contributed by atoms with Crippen LogP contribution in [0.3, 0.4) is 0 Å². The summed E-state index contributed by atoms with van der Waals surface area (Å²) >= 11 is 6.22. The van der Waals surface area contributed by atoms with Crippen molar-refractivity contribution >= 4 is 28.4 Å². The van der Waals surface area contributed by atoms with Gasteiger partial charge < -0.3 is 15.4 Å². The van der Waals surface area contributed by atoms with Crippen molar-refractivity contribution in [3.05, 3.63) is 45.2 Å². The molecule has 1 atom stereocenters. The summed E-state index contributed by atoms with van der Waals surface area (Å²) in [5, 5.41) is 13.9. The number of β-amino-alcohol motifs (C(OH)–C–C–N with tert-alkyl or cyclic N) is 1. The van der Waals surface area contributed by atoms with Gasteiger partial charge in [-0.2, -0.15) is 0 Å². The number of pyridine rings is 1. The third kappa shape index (κ3) is 3.13. The van der Waals surface area contributed by atoms with Gasteiger partial charge in [-0.05, 0) is 44.5 Å². The second-order valence-electron chi connectivity index (χ2n) is 7.45. The maximum absolute atomic E-state index is 12.3. The number of amides is 1. The molecule has 26 heavy (non-hydrogen) atoms. The van der Waals surface area contributed by atoms with E-state index < -0.39 is 11.5 Å². The lowest BCUT2D eigenvalue weighted by molar-refractivity contribution is -0.141. The minimum atomic E-state index is -0.460.